The number of hydrogen-bond donors (Lipinski definition) is 0. The van der Waals surface area contributed by atoms with Crippen molar-refractivity contribution in [1.82, 2.24) is 19.3 Å². The summed E-state index contributed by atoms with van der Waals surface area (Å²) in [5.74, 6) is -0.0346. The molecule has 1 aliphatic carbocycles. The zero-order valence-electron chi connectivity index (χ0n) is 14.4. The molecule has 1 aliphatic rings. The molecular weight excluding hydrogens is 348 g/mol. The van der Waals surface area contributed by atoms with Crippen LogP contribution in [-0.4, -0.2) is 31.2 Å². The predicted molar refractivity (Wildman–Crippen MR) is 102 cm³/mol. The number of aromatic nitrogens is 3. The van der Waals surface area contributed by atoms with Gasteiger partial charge in [0.1, 0.15) is 5.65 Å². The summed E-state index contributed by atoms with van der Waals surface area (Å²) in [6.07, 6.45) is 9.04. The minimum absolute atomic E-state index is 0.0346. The van der Waals surface area contributed by atoms with Crippen LogP contribution >= 0.6 is 11.6 Å². The largest absolute Gasteiger partial charge is 0.328 e. The monoisotopic (exact) mass is 366 g/mol. The van der Waals surface area contributed by atoms with Gasteiger partial charge in [-0.15, -0.1) is 0 Å². The van der Waals surface area contributed by atoms with E-state index < -0.39 is 0 Å². The molecule has 1 fully saturated rings. The first kappa shape index (κ1) is 16.8. The van der Waals surface area contributed by atoms with E-state index in [-0.39, 0.29) is 18.0 Å². The number of rotatable bonds is 5. The van der Waals surface area contributed by atoms with Crippen LogP contribution in [0.3, 0.4) is 0 Å². The molecule has 3 heterocycles. The van der Waals surface area contributed by atoms with Crippen LogP contribution in [0.15, 0.2) is 54.9 Å². The van der Waals surface area contributed by atoms with Crippen molar-refractivity contribution in [3.63, 3.8) is 0 Å². The Labute approximate surface area is 156 Å². The maximum atomic E-state index is 12.9. The molecule has 1 atom stereocenters. The summed E-state index contributed by atoms with van der Waals surface area (Å²) in [5.41, 5.74) is 2.36. The second-order valence-electron chi connectivity index (χ2n) is 6.46. The van der Waals surface area contributed by atoms with Gasteiger partial charge in [0, 0.05) is 24.5 Å². The Balaban J connectivity index is 1.61. The van der Waals surface area contributed by atoms with Gasteiger partial charge >= 0.3 is 0 Å². The SMILES string of the molecule is CC(c1ccccn1)N(C(=O)C=Cc1c(Cl)nc2ccccn12)C1CC1. The Morgan fingerprint density at radius 2 is 2.12 bits per heavy atom. The zero-order valence-corrected chi connectivity index (χ0v) is 15.2. The van der Waals surface area contributed by atoms with Crippen LogP contribution in [0.4, 0.5) is 0 Å². The van der Waals surface area contributed by atoms with Gasteiger partial charge in [-0.25, -0.2) is 4.98 Å². The highest BCUT2D eigenvalue weighted by Crippen LogP contribution is 2.34. The van der Waals surface area contributed by atoms with Crippen molar-refractivity contribution in [2.24, 2.45) is 0 Å². The Morgan fingerprint density at radius 3 is 2.85 bits per heavy atom. The molecular formula is C20H19ClN4O. The summed E-state index contributed by atoms with van der Waals surface area (Å²) >= 11 is 6.25. The van der Waals surface area contributed by atoms with Gasteiger partial charge in [-0.05, 0) is 50.1 Å². The van der Waals surface area contributed by atoms with Crippen LogP contribution in [0.1, 0.15) is 37.2 Å². The average molecular weight is 367 g/mol. The van der Waals surface area contributed by atoms with E-state index in [2.05, 4.69) is 9.97 Å². The lowest BCUT2D eigenvalue weighted by atomic mass is 10.1. The molecule has 26 heavy (non-hydrogen) atoms. The fraction of sp³-hybridized carbons (Fsp3) is 0.250. The Hall–Kier alpha value is -2.66. The van der Waals surface area contributed by atoms with E-state index in [0.29, 0.717) is 10.8 Å². The van der Waals surface area contributed by atoms with Crippen molar-refractivity contribution in [3.05, 3.63) is 71.4 Å². The smallest absolute Gasteiger partial charge is 0.247 e. The number of pyridine rings is 2. The van der Waals surface area contributed by atoms with Crippen LogP contribution in [-0.2, 0) is 4.79 Å². The predicted octanol–water partition coefficient (Wildman–Crippen LogP) is 4.15. The molecule has 0 bridgehead atoms. The summed E-state index contributed by atoms with van der Waals surface area (Å²) in [7, 11) is 0. The van der Waals surface area contributed by atoms with Crippen molar-refractivity contribution in [1.29, 1.82) is 0 Å². The second-order valence-corrected chi connectivity index (χ2v) is 6.82. The summed E-state index contributed by atoms with van der Waals surface area (Å²) in [6, 6.07) is 11.7. The number of carbonyl (C=O) groups excluding carboxylic acids is 1. The van der Waals surface area contributed by atoms with E-state index in [1.165, 1.54) is 0 Å². The number of halogens is 1. The van der Waals surface area contributed by atoms with Crippen molar-refractivity contribution in [2.45, 2.75) is 31.8 Å². The van der Waals surface area contributed by atoms with Crippen LogP contribution in [0.25, 0.3) is 11.7 Å². The minimum Gasteiger partial charge on any atom is -0.328 e. The molecule has 1 unspecified atom stereocenters. The Bertz CT molecular complexity index is 962. The lowest BCUT2D eigenvalue weighted by Crippen LogP contribution is -2.34. The molecule has 3 aromatic heterocycles. The number of imidazole rings is 1. The number of carbonyl (C=O) groups is 1. The van der Waals surface area contributed by atoms with Gasteiger partial charge in [0.05, 0.1) is 17.4 Å². The highest BCUT2D eigenvalue weighted by molar-refractivity contribution is 6.31. The van der Waals surface area contributed by atoms with Crippen LogP contribution < -0.4 is 0 Å². The number of nitrogens with zero attached hydrogens (tertiary/aromatic N) is 4. The molecule has 6 heteroatoms. The maximum Gasteiger partial charge on any atom is 0.247 e. The normalized spacial score (nSPS) is 15.5. The van der Waals surface area contributed by atoms with Gasteiger partial charge in [-0.3, -0.25) is 14.2 Å². The second kappa shape index (κ2) is 6.92. The third-order valence-electron chi connectivity index (χ3n) is 4.63. The quantitative estimate of drug-likeness (QED) is 0.637. The molecule has 1 amide bonds. The highest BCUT2D eigenvalue weighted by Gasteiger charge is 2.35. The molecule has 0 spiro atoms. The first-order valence-corrected chi connectivity index (χ1v) is 9.07. The molecule has 0 radical (unpaired) electrons. The number of hydrogen-bond acceptors (Lipinski definition) is 3. The third kappa shape index (κ3) is 3.22. The lowest BCUT2D eigenvalue weighted by Gasteiger charge is -2.28. The lowest BCUT2D eigenvalue weighted by molar-refractivity contribution is -0.128. The van der Waals surface area contributed by atoms with Crippen LogP contribution in [0.2, 0.25) is 5.15 Å². The minimum atomic E-state index is -0.0708. The Morgan fingerprint density at radius 1 is 1.31 bits per heavy atom. The van der Waals surface area contributed by atoms with Crippen molar-refractivity contribution in [3.8, 4) is 0 Å². The van der Waals surface area contributed by atoms with Gasteiger partial charge in [-0.2, -0.15) is 0 Å². The van der Waals surface area contributed by atoms with Gasteiger partial charge in [0.15, 0.2) is 5.15 Å². The Kier molecular flexibility index (Phi) is 4.47. The molecule has 1 saturated carbocycles. The van der Waals surface area contributed by atoms with Crippen LogP contribution in [0.5, 0.6) is 0 Å². The molecule has 132 valence electrons. The van der Waals surface area contributed by atoms with Gasteiger partial charge in [-0.1, -0.05) is 23.7 Å². The first-order chi connectivity index (χ1) is 12.6. The molecule has 0 saturated heterocycles. The maximum absolute atomic E-state index is 12.9. The fourth-order valence-corrected chi connectivity index (χ4v) is 3.42. The number of amides is 1. The molecule has 4 rings (SSSR count). The van der Waals surface area contributed by atoms with Gasteiger partial charge in [0.2, 0.25) is 5.91 Å². The van der Waals surface area contributed by atoms with E-state index in [1.54, 1.807) is 18.3 Å². The molecule has 0 aromatic carbocycles. The topological polar surface area (TPSA) is 50.5 Å². The van der Waals surface area contributed by atoms with E-state index in [0.717, 1.165) is 24.2 Å². The van der Waals surface area contributed by atoms with Crippen LogP contribution in [0, 0.1) is 0 Å². The molecule has 0 N–H and O–H groups in total. The van der Waals surface area contributed by atoms with E-state index in [4.69, 9.17) is 11.6 Å². The fourth-order valence-electron chi connectivity index (χ4n) is 3.18. The van der Waals surface area contributed by atoms with Crippen molar-refractivity contribution >= 4 is 29.2 Å². The van der Waals surface area contributed by atoms with E-state index in [9.17, 15) is 4.79 Å². The number of fused-ring (bicyclic) bond motifs is 1. The molecule has 5 nitrogen and oxygen atoms in total. The van der Waals surface area contributed by atoms with E-state index >= 15 is 0 Å². The third-order valence-corrected chi connectivity index (χ3v) is 4.91. The van der Waals surface area contributed by atoms with Gasteiger partial charge in [0.25, 0.3) is 0 Å². The summed E-state index contributed by atoms with van der Waals surface area (Å²) in [5, 5.41) is 0.385. The first-order valence-electron chi connectivity index (χ1n) is 8.69. The average Bonchev–Trinajstić information content (AvgIpc) is 3.43. The zero-order chi connectivity index (χ0) is 18.1. The summed E-state index contributed by atoms with van der Waals surface area (Å²) in [4.78, 5) is 23.5. The van der Waals surface area contributed by atoms with Crippen molar-refractivity contribution in [2.75, 3.05) is 0 Å². The molecule has 3 aromatic rings. The van der Waals surface area contributed by atoms with Crippen molar-refractivity contribution < 1.29 is 4.79 Å². The summed E-state index contributed by atoms with van der Waals surface area (Å²) in [6.45, 7) is 2.02. The highest BCUT2D eigenvalue weighted by atomic mass is 35.5. The summed E-state index contributed by atoms with van der Waals surface area (Å²) < 4.78 is 1.87. The standard InChI is InChI=1S/C20H19ClN4O/c1-14(16-6-2-4-12-22-16)25(15-8-9-15)19(26)11-10-17-20(21)23-18-7-3-5-13-24(17)18/h2-7,10-15H,8-9H2,1H3. The van der Waals surface area contributed by atoms with E-state index in [1.807, 2.05) is 58.8 Å². The van der Waals surface area contributed by atoms with Gasteiger partial charge < -0.3 is 4.90 Å². The molecule has 0 aliphatic heterocycles.